The van der Waals surface area contributed by atoms with E-state index in [1.807, 2.05) is 0 Å². The van der Waals surface area contributed by atoms with E-state index >= 15 is 0 Å². The fourth-order valence-corrected chi connectivity index (χ4v) is 2.11. The van der Waals surface area contributed by atoms with Gasteiger partial charge in [-0.3, -0.25) is 4.90 Å². The van der Waals surface area contributed by atoms with E-state index in [0.29, 0.717) is 12.3 Å². The number of rotatable bonds is 6. The van der Waals surface area contributed by atoms with Gasteiger partial charge in [0.2, 0.25) is 0 Å². The number of benzene rings is 1. The second-order valence-electron chi connectivity index (χ2n) is 5.00. The van der Waals surface area contributed by atoms with Crippen molar-refractivity contribution in [2.75, 3.05) is 44.8 Å². The van der Waals surface area contributed by atoms with E-state index in [0.717, 1.165) is 32.8 Å². The first-order valence-electron chi connectivity index (χ1n) is 7.18. The number of aromatic hydroxyl groups is 1. The molecule has 0 aromatic heterocycles. The van der Waals surface area contributed by atoms with Crippen molar-refractivity contribution in [3.63, 3.8) is 0 Å². The maximum Gasteiger partial charge on any atom is 0.328 e. The molecule has 1 fully saturated rings. The van der Waals surface area contributed by atoms with E-state index in [1.165, 1.54) is 0 Å². The number of para-hydroxylation sites is 2. The lowest BCUT2D eigenvalue weighted by molar-refractivity contribution is -0.144. The number of hydrogen-bond acceptors (Lipinski definition) is 6. The van der Waals surface area contributed by atoms with Gasteiger partial charge < -0.3 is 19.9 Å². The minimum absolute atomic E-state index is 0.116. The summed E-state index contributed by atoms with van der Waals surface area (Å²) in [5.41, 5.74) is 0.523. The van der Waals surface area contributed by atoms with Crippen molar-refractivity contribution in [3.05, 3.63) is 24.3 Å². The third kappa shape index (κ3) is 4.91. The molecule has 0 amide bonds. The molecule has 6 heteroatoms. The topological polar surface area (TPSA) is 71.0 Å². The zero-order valence-electron chi connectivity index (χ0n) is 12.2. The summed E-state index contributed by atoms with van der Waals surface area (Å²) < 4.78 is 10.5. The highest BCUT2D eigenvalue weighted by atomic mass is 16.5. The molecular weight excluding hydrogens is 272 g/mol. The summed E-state index contributed by atoms with van der Waals surface area (Å²) in [5.74, 6) is -0.211. The monoisotopic (exact) mass is 294 g/mol. The number of phenolic OH excluding ortho intramolecular Hbond substituents is 1. The first kappa shape index (κ1) is 15.6. The Balaban J connectivity index is 1.71. The van der Waals surface area contributed by atoms with Crippen molar-refractivity contribution in [2.24, 2.45) is 0 Å². The Labute approximate surface area is 124 Å². The van der Waals surface area contributed by atoms with Crippen molar-refractivity contribution in [3.8, 4) is 5.75 Å². The largest absolute Gasteiger partial charge is 0.506 e. The number of nitrogens with zero attached hydrogens (tertiary/aromatic N) is 1. The SMILES string of the molecule is C[C@H](Nc1ccccc1O)C(=O)OCCN1CCOCC1. The zero-order chi connectivity index (χ0) is 15.1. The van der Waals surface area contributed by atoms with Crippen LogP contribution in [0.4, 0.5) is 5.69 Å². The van der Waals surface area contributed by atoms with Gasteiger partial charge in [0, 0.05) is 19.6 Å². The van der Waals surface area contributed by atoms with Crippen molar-refractivity contribution >= 4 is 11.7 Å². The normalized spacial score (nSPS) is 17.2. The molecule has 0 aliphatic carbocycles. The van der Waals surface area contributed by atoms with Crippen LogP contribution < -0.4 is 5.32 Å². The lowest BCUT2D eigenvalue weighted by atomic mass is 10.2. The van der Waals surface area contributed by atoms with E-state index in [-0.39, 0.29) is 11.7 Å². The Morgan fingerprint density at radius 1 is 1.43 bits per heavy atom. The minimum atomic E-state index is -0.511. The molecule has 1 aromatic rings. The molecule has 1 saturated heterocycles. The Bertz CT molecular complexity index is 461. The molecule has 116 valence electrons. The zero-order valence-corrected chi connectivity index (χ0v) is 12.2. The van der Waals surface area contributed by atoms with Gasteiger partial charge in [-0.1, -0.05) is 12.1 Å². The first-order chi connectivity index (χ1) is 10.2. The molecule has 0 radical (unpaired) electrons. The van der Waals surface area contributed by atoms with E-state index in [2.05, 4.69) is 10.2 Å². The molecule has 2 rings (SSSR count). The molecule has 21 heavy (non-hydrogen) atoms. The summed E-state index contributed by atoms with van der Waals surface area (Å²) in [6, 6.07) is 6.29. The van der Waals surface area contributed by atoms with E-state index in [1.54, 1.807) is 31.2 Å². The molecule has 6 nitrogen and oxygen atoms in total. The summed E-state index contributed by atoms with van der Waals surface area (Å²) in [6.45, 7) is 6.03. The third-order valence-electron chi connectivity index (χ3n) is 3.39. The van der Waals surface area contributed by atoms with Crippen molar-refractivity contribution in [1.29, 1.82) is 0 Å². The molecule has 0 spiro atoms. The molecule has 0 unspecified atom stereocenters. The van der Waals surface area contributed by atoms with Crippen LogP contribution in [0.5, 0.6) is 5.75 Å². The van der Waals surface area contributed by atoms with Gasteiger partial charge in [0.05, 0.1) is 18.9 Å². The van der Waals surface area contributed by atoms with Gasteiger partial charge in [-0.2, -0.15) is 0 Å². The number of ether oxygens (including phenoxy) is 2. The average Bonchev–Trinajstić information content (AvgIpc) is 2.50. The maximum atomic E-state index is 11.9. The molecule has 0 saturated carbocycles. The van der Waals surface area contributed by atoms with Crippen molar-refractivity contribution in [2.45, 2.75) is 13.0 Å². The molecule has 0 bridgehead atoms. The first-order valence-corrected chi connectivity index (χ1v) is 7.18. The predicted molar refractivity (Wildman–Crippen MR) is 79.4 cm³/mol. The van der Waals surface area contributed by atoms with Crippen LogP contribution in [-0.2, 0) is 14.3 Å². The number of carbonyl (C=O) groups excluding carboxylic acids is 1. The van der Waals surface area contributed by atoms with Crippen molar-refractivity contribution in [1.82, 2.24) is 4.90 Å². The van der Waals surface area contributed by atoms with Gasteiger partial charge in [-0.05, 0) is 19.1 Å². The van der Waals surface area contributed by atoms with Gasteiger partial charge in [0.15, 0.2) is 0 Å². The summed E-state index contributed by atoms with van der Waals surface area (Å²) in [7, 11) is 0. The highest BCUT2D eigenvalue weighted by molar-refractivity contribution is 5.79. The number of phenols is 1. The average molecular weight is 294 g/mol. The number of carbonyl (C=O) groups is 1. The maximum absolute atomic E-state index is 11.9. The van der Waals surface area contributed by atoms with Crippen LogP contribution in [0.25, 0.3) is 0 Å². The standard InChI is InChI=1S/C15H22N2O4/c1-12(16-13-4-2-3-5-14(13)18)15(19)21-11-8-17-6-9-20-10-7-17/h2-5,12,16,18H,6-11H2,1H3/t12-/m0/s1. The lowest BCUT2D eigenvalue weighted by Crippen LogP contribution is -2.39. The summed E-state index contributed by atoms with van der Waals surface area (Å²) in [6.07, 6.45) is 0. The second-order valence-corrected chi connectivity index (χ2v) is 5.00. The smallest absolute Gasteiger partial charge is 0.328 e. The molecular formula is C15H22N2O4. The summed E-state index contributed by atoms with van der Waals surface area (Å²) in [4.78, 5) is 14.1. The molecule has 1 aromatic carbocycles. The highest BCUT2D eigenvalue weighted by Gasteiger charge is 2.16. The van der Waals surface area contributed by atoms with Crippen LogP contribution in [0.2, 0.25) is 0 Å². The number of hydrogen-bond donors (Lipinski definition) is 2. The Morgan fingerprint density at radius 2 is 2.14 bits per heavy atom. The van der Waals surface area contributed by atoms with Crippen LogP contribution >= 0.6 is 0 Å². The van der Waals surface area contributed by atoms with Crippen LogP contribution in [0, 0.1) is 0 Å². The molecule has 1 atom stereocenters. The van der Waals surface area contributed by atoms with Gasteiger partial charge in [-0.25, -0.2) is 4.79 Å². The summed E-state index contributed by atoms with van der Waals surface area (Å²) >= 11 is 0. The summed E-state index contributed by atoms with van der Waals surface area (Å²) in [5, 5.41) is 12.6. The van der Waals surface area contributed by atoms with Gasteiger partial charge in [-0.15, -0.1) is 0 Å². The number of esters is 1. The van der Waals surface area contributed by atoms with Crippen LogP contribution in [0.1, 0.15) is 6.92 Å². The Kier molecular flexibility index (Phi) is 5.83. The van der Waals surface area contributed by atoms with Crippen molar-refractivity contribution < 1.29 is 19.4 Å². The quantitative estimate of drug-likeness (QED) is 0.604. The second kappa shape index (κ2) is 7.85. The van der Waals surface area contributed by atoms with Gasteiger partial charge in [0.25, 0.3) is 0 Å². The predicted octanol–water partition coefficient (Wildman–Crippen LogP) is 1.07. The Morgan fingerprint density at radius 3 is 2.86 bits per heavy atom. The molecule has 1 aliphatic rings. The van der Waals surface area contributed by atoms with Crippen LogP contribution in [0.3, 0.4) is 0 Å². The molecule has 1 aliphatic heterocycles. The van der Waals surface area contributed by atoms with E-state index in [9.17, 15) is 9.90 Å². The minimum Gasteiger partial charge on any atom is -0.506 e. The van der Waals surface area contributed by atoms with Crippen LogP contribution in [-0.4, -0.2) is 61.5 Å². The van der Waals surface area contributed by atoms with E-state index < -0.39 is 6.04 Å². The fourth-order valence-electron chi connectivity index (χ4n) is 2.11. The van der Waals surface area contributed by atoms with Gasteiger partial charge >= 0.3 is 5.97 Å². The Hall–Kier alpha value is -1.79. The highest BCUT2D eigenvalue weighted by Crippen LogP contribution is 2.22. The van der Waals surface area contributed by atoms with Crippen LogP contribution in [0.15, 0.2) is 24.3 Å². The third-order valence-corrected chi connectivity index (χ3v) is 3.39. The number of morpholine rings is 1. The number of anilines is 1. The number of nitrogens with one attached hydrogen (secondary N) is 1. The fraction of sp³-hybridized carbons (Fsp3) is 0.533. The lowest BCUT2D eigenvalue weighted by Gasteiger charge is -2.26. The van der Waals surface area contributed by atoms with E-state index in [4.69, 9.17) is 9.47 Å². The molecule has 2 N–H and O–H groups in total. The molecule has 1 heterocycles. The van der Waals surface area contributed by atoms with Gasteiger partial charge in [0.1, 0.15) is 18.4 Å².